The molecule has 2 heterocycles. The molecule has 4 rings (SSSR count). The standard InChI is InChI=1S/C24H25N3O2S/c1-26(19-7-3-2-4-8-19)21-10-6-5-9-20(21)25-23(28)11-12-24(29)27-15-13-22-18(17-27)14-16-30-22/h2-10,14,16H,11-13,15,17H2,1H3,(H,25,28). The Labute approximate surface area is 180 Å². The van der Waals surface area contributed by atoms with Crippen molar-refractivity contribution in [3.63, 3.8) is 0 Å². The van der Waals surface area contributed by atoms with Gasteiger partial charge in [0.1, 0.15) is 0 Å². The lowest BCUT2D eigenvalue weighted by molar-refractivity contribution is -0.133. The lowest BCUT2D eigenvalue weighted by atomic mass is 10.1. The van der Waals surface area contributed by atoms with Crippen LogP contribution in [0.25, 0.3) is 0 Å². The summed E-state index contributed by atoms with van der Waals surface area (Å²) < 4.78 is 0. The van der Waals surface area contributed by atoms with Crippen LogP contribution >= 0.6 is 11.3 Å². The zero-order valence-corrected chi connectivity index (χ0v) is 17.8. The maximum atomic E-state index is 12.6. The van der Waals surface area contributed by atoms with Crippen LogP contribution in [0.15, 0.2) is 66.0 Å². The van der Waals surface area contributed by atoms with Crippen LogP contribution in [-0.4, -0.2) is 30.3 Å². The number of hydrogen-bond donors (Lipinski definition) is 1. The van der Waals surface area contributed by atoms with Crippen LogP contribution in [-0.2, 0) is 22.6 Å². The Morgan fingerprint density at radius 2 is 1.80 bits per heavy atom. The Kier molecular flexibility index (Phi) is 6.14. The maximum absolute atomic E-state index is 12.6. The molecule has 2 amide bonds. The van der Waals surface area contributed by atoms with Crippen molar-refractivity contribution in [3.05, 3.63) is 76.5 Å². The quantitative estimate of drug-likeness (QED) is 0.623. The maximum Gasteiger partial charge on any atom is 0.224 e. The van der Waals surface area contributed by atoms with Crippen molar-refractivity contribution >= 4 is 40.2 Å². The molecule has 1 N–H and O–H groups in total. The first-order valence-electron chi connectivity index (χ1n) is 10.1. The molecule has 0 saturated carbocycles. The summed E-state index contributed by atoms with van der Waals surface area (Å²) in [5.41, 5.74) is 3.92. The summed E-state index contributed by atoms with van der Waals surface area (Å²) in [5.74, 6) is -0.109. The zero-order chi connectivity index (χ0) is 20.9. The summed E-state index contributed by atoms with van der Waals surface area (Å²) in [5, 5.41) is 5.06. The van der Waals surface area contributed by atoms with Crippen molar-refractivity contribution < 1.29 is 9.59 Å². The monoisotopic (exact) mass is 419 g/mol. The van der Waals surface area contributed by atoms with E-state index in [1.165, 1.54) is 10.4 Å². The molecule has 2 aromatic carbocycles. The van der Waals surface area contributed by atoms with Crippen LogP contribution in [0.2, 0.25) is 0 Å². The lowest BCUT2D eigenvalue weighted by Crippen LogP contribution is -2.35. The third-order valence-electron chi connectivity index (χ3n) is 5.41. The second-order valence-corrected chi connectivity index (χ2v) is 8.39. The van der Waals surface area contributed by atoms with Crippen LogP contribution in [0.3, 0.4) is 0 Å². The molecule has 6 heteroatoms. The number of benzene rings is 2. The van der Waals surface area contributed by atoms with Crippen molar-refractivity contribution in [2.45, 2.75) is 25.8 Å². The number of carbonyl (C=O) groups is 2. The summed E-state index contributed by atoms with van der Waals surface area (Å²) in [6, 6.07) is 19.8. The smallest absolute Gasteiger partial charge is 0.224 e. The van der Waals surface area contributed by atoms with E-state index in [0.717, 1.165) is 30.0 Å². The number of carbonyl (C=O) groups excluding carboxylic acids is 2. The van der Waals surface area contributed by atoms with Gasteiger partial charge in [0.15, 0.2) is 0 Å². The molecule has 154 valence electrons. The zero-order valence-electron chi connectivity index (χ0n) is 17.0. The van der Waals surface area contributed by atoms with E-state index in [1.54, 1.807) is 11.3 Å². The molecule has 0 radical (unpaired) electrons. The summed E-state index contributed by atoms with van der Waals surface area (Å²) in [7, 11) is 1.97. The number of amides is 2. The number of para-hydroxylation sites is 3. The first-order valence-corrected chi connectivity index (χ1v) is 11.0. The fraction of sp³-hybridized carbons (Fsp3) is 0.250. The molecule has 0 fully saturated rings. The number of rotatable bonds is 6. The van der Waals surface area contributed by atoms with Crippen LogP contribution in [0, 0.1) is 0 Å². The van der Waals surface area contributed by atoms with Gasteiger partial charge in [0.25, 0.3) is 0 Å². The molecule has 0 spiro atoms. The number of fused-ring (bicyclic) bond motifs is 1. The van der Waals surface area contributed by atoms with Gasteiger partial charge < -0.3 is 15.1 Å². The van der Waals surface area contributed by atoms with Gasteiger partial charge in [-0.05, 0) is 47.7 Å². The van der Waals surface area contributed by atoms with E-state index < -0.39 is 0 Å². The van der Waals surface area contributed by atoms with Crippen LogP contribution < -0.4 is 10.2 Å². The Morgan fingerprint density at radius 1 is 1.03 bits per heavy atom. The van der Waals surface area contributed by atoms with Crippen molar-refractivity contribution in [3.8, 4) is 0 Å². The SMILES string of the molecule is CN(c1ccccc1)c1ccccc1NC(=O)CCC(=O)N1CCc2sccc2C1. The van der Waals surface area contributed by atoms with E-state index in [1.807, 2.05) is 71.4 Å². The molecule has 3 aromatic rings. The molecule has 0 atom stereocenters. The van der Waals surface area contributed by atoms with Crippen LogP contribution in [0.1, 0.15) is 23.3 Å². The second-order valence-electron chi connectivity index (χ2n) is 7.39. The summed E-state index contributed by atoms with van der Waals surface area (Å²) in [4.78, 5) is 30.4. The highest BCUT2D eigenvalue weighted by Gasteiger charge is 2.22. The van der Waals surface area contributed by atoms with E-state index >= 15 is 0 Å². The minimum Gasteiger partial charge on any atom is -0.343 e. The normalized spacial score (nSPS) is 12.9. The molecule has 30 heavy (non-hydrogen) atoms. The molecule has 0 unspecified atom stereocenters. The number of nitrogens with zero attached hydrogens (tertiary/aromatic N) is 2. The van der Waals surface area contributed by atoms with Crippen molar-refractivity contribution in [2.75, 3.05) is 23.8 Å². The minimum atomic E-state index is -0.148. The van der Waals surface area contributed by atoms with Crippen LogP contribution in [0.4, 0.5) is 17.1 Å². The van der Waals surface area contributed by atoms with Crippen LogP contribution in [0.5, 0.6) is 0 Å². The average Bonchev–Trinajstić information content (AvgIpc) is 3.26. The molecular weight excluding hydrogens is 394 g/mol. The van der Waals surface area contributed by atoms with Gasteiger partial charge in [0.05, 0.1) is 11.4 Å². The fourth-order valence-electron chi connectivity index (χ4n) is 3.72. The molecule has 5 nitrogen and oxygen atoms in total. The van der Waals surface area contributed by atoms with Gasteiger partial charge in [-0.2, -0.15) is 0 Å². The molecule has 0 saturated heterocycles. The molecular formula is C24H25N3O2S. The highest BCUT2D eigenvalue weighted by atomic mass is 32.1. The average molecular weight is 420 g/mol. The highest BCUT2D eigenvalue weighted by Crippen LogP contribution is 2.30. The van der Waals surface area contributed by atoms with Gasteiger partial charge in [-0.15, -0.1) is 11.3 Å². The van der Waals surface area contributed by atoms with Gasteiger partial charge in [0.2, 0.25) is 11.8 Å². The highest BCUT2D eigenvalue weighted by molar-refractivity contribution is 7.10. The van der Waals surface area contributed by atoms with Crippen molar-refractivity contribution in [2.24, 2.45) is 0 Å². The van der Waals surface area contributed by atoms with E-state index in [2.05, 4.69) is 16.8 Å². The molecule has 0 bridgehead atoms. The second kappa shape index (κ2) is 9.13. The number of nitrogens with one attached hydrogen (secondary N) is 1. The Morgan fingerprint density at radius 3 is 2.63 bits per heavy atom. The van der Waals surface area contributed by atoms with E-state index in [4.69, 9.17) is 0 Å². The largest absolute Gasteiger partial charge is 0.343 e. The van der Waals surface area contributed by atoms with Gasteiger partial charge in [-0.25, -0.2) is 0 Å². The van der Waals surface area contributed by atoms with Gasteiger partial charge in [-0.1, -0.05) is 30.3 Å². The van der Waals surface area contributed by atoms with E-state index in [9.17, 15) is 9.59 Å². The Balaban J connectivity index is 1.35. The minimum absolute atomic E-state index is 0.0386. The fourth-order valence-corrected chi connectivity index (χ4v) is 4.60. The predicted octanol–water partition coefficient (Wildman–Crippen LogP) is 4.82. The lowest BCUT2D eigenvalue weighted by Gasteiger charge is -2.27. The third-order valence-corrected chi connectivity index (χ3v) is 6.43. The first-order chi connectivity index (χ1) is 14.6. The van der Waals surface area contributed by atoms with Gasteiger partial charge in [0, 0.05) is 43.5 Å². The predicted molar refractivity (Wildman–Crippen MR) is 122 cm³/mol. The topological polar surface area (TPSA) is 52.7 Å². The molecule has 0 aliphatic carbocycles. The summed E-state index contributed by atoms with van der Waals surface area (Å²) in [6.45, 7) is 1.39. The summed E-state index contributed by atoms with van der Waals surface area (Å²) >= 11 is 1.75. The van der Waals surface area contributed by atoms with E-state index in [-0.39, 0.29) is 24.7 Å². The Hall–Kier alpha value is -3.12. The summed E-state index contributed by atoms with van der Waals surface area (Å²) in [6.07, 6.45) is 1.31. The van der Waals surface area contributed by atoms with E-state index in [0.29, 0.717) is 6.54 Å². The Bertz CT molecular complexity index is 1030. The molecule has 1 aliphatic rings. The number of hydrogen-bond acceptors (Lipinski definition) is 4. The van der Waals surface area contributed by atoms with Crippen molar-refractivity contribution in [1.82, 2.24) is 4.90 Å². The van der Waals surface area contributed by atoms with Crippen molar-refractivity contribution in [1.29, 1.82) is 0 Å². The van der Waals surface area contributed by atoms with Gasteiger partial charge >= 0.3 is 0 Å². The number of thiophene rings is 1. The molecule has 1 aromatic heterocycles. The molecule has 1 aliphatic heterocycles. The third kappa shape index (κ3) is 4.54. The first kappa shape index (κ1) is 20.2. The number of anilines is 3. The van der Waals surface area contributed by atoms with Gasteiger partial charge in [-0.3, -0.25) is 9.59 Å².